The smallest absolute Gasteiger partial charge is 0.0248 e. The number of fused-ring (bicyclic) bond motifs is 1. The molecule has 1 nitrogen and oxygen atoms in total. The second kappa shape index (κ2) is 3.45. The molecule has 2 rings (SSSR count). The normalized spacial score (nSPS) is 42.5. The molecule has 1 heterocycles. The first-order valence-electron chi connectivity index (χ1n) is 5.12. The van der Waals surface area contributed by atoms with Crippen LogP contribution in [-0.2, 0) is 0 Å². The van der Waals surface area contributed by atoms with Crippen LogP contribution in [0.3, 0.4) is 0 Å². The molecule has 1 aliphatic heterocycles. The van der Waals surface area contributed by atoms with Crippen LogP contribution in [0.4, 0.5) is 0 Å². The first-order valence-corrected chi connectivity index (χ1v) is 6.09. The SMILES string of the molecule is CC(C)C1C2CCCC2CN1I. The van der Waals surface area contributed by atoms with Gasteiger partial charge in [0.1, 0.15) is 0 Å². The fourth-order valence-corrected chi connectivity index (χ4v) is 4.68. The summed E-state index contributed by atoms with van der Waals surface area (Å²) in [4.78, 5) is 0. The highest BCUT2D eigenvalue weighted by Gasteiger charge is 2.44. The predicted molar refractivity (Wildman–Crippen MR) is 60.2 cm³/mol. The summed E-state index contributed by atoms with van der Waals surface area (Å²) in [5, 5.41) is 0. The van der Waals surface area contributed by atoms with Gasteiger partial charge in [-0.05, 0) is 30.6 Å². The maximum absolute atomic E-state index is 2.57. The van der Waals surface area contributed by atoms with Crippen molar-refractivity contribution in [3.63, 3.8) is 0 Å². The van der Waals surface area contributed by atoms with Gasteiger partial charge in [0.05, 0.1) is 0 Å². The van der Waals surface area contributed by atoms with Crippen molar-refractivity contribution in [2.24, 2.45) is 17.8 Å². The van der Waals surface area contributed by atoms with E-state index in [2.05, 4.69) is 39.8 Å². The van der Waals surface area contributed by atoms with Crippen LogP contribution < -0.4 is 0 Å². The molecule has 1 saturated heterocycles. The largest absolute Gasteiger partial charge is 0.244 e. The van der Waals surface area contributed by atoms with Gasteiger partial charge in [0.2, 0.25) is 0 Å². The van der Waals surface area contributed by atoms with Crippen molar-refractivity contribution in [1.29, 1.82) is 0 Å². The average Bonchev–Trinajstić information content (AvgIpc) is 2.44. The monoisotopic (exact) mass is 279 g/mol. The minimum Gasteiger partial charge on any atom is -0.244 e. The molecule has 0 bridgehead atoms. The Balaban J connectivity index is 2.10. The number of rotatable bonds is 1. The van der Waals surface area contributed by atoms with E-state index in [-0.39, 0.29) is 0 Å². The van der Waals surface area contributed by atoms with Crippen molar-refractivity contribution < 1.29 is 0 Å². The van der Waals surface area contributed by atoms with Crippen molar-refractivity contribution in [2.75, 3.05) is 6.54 Å². The highest BCUT2D eigenvalue weighted by molar-refractivity contribution is 14.1. The lowest BCUT2D eigenvalue weighted by Gasteiger charge is -2.26. The zero-order chi connectivity index (χ0) is 8.72. The summed E-state index contributed by atoms with van der Waals surface area (Å²) in [6, 6.07) is 0.873. The third-order valence-corrected chi connectivity index (χ3v) is 4.61. The molecule has 0 radical (unpaired) electrons. The molecule has 0 amide bonds. The first kappa shape index (κ1) is 9.25. The average molecular weight is 279 g/mol. The fraction of sp³-hybridized carbons (Fsp3) is 1.00. The summed E-state index contributed by atoms with van der Waals surface area (Å²) < 4.78 is 2.57. The zero-order valence-electron chi connectivity index (χ0n) is 7.96. The summed E-state index contributed by atoms with van der Waals surface area (Å²) in [5.41, 5.74) is 0. The van der Waals surface area contributed by atoms with Crippen molar-refractivity contribution in [1.82, 2.24) is 3.11 Å². The van der Waals surface area contributed by atoms with Gasteiger partial charge in [-0.15, -0.1) is 0 Å². The zero-order valence-corrected chi connectivity index (χ0v) is 10.1. The molecule has 0 aromatic rings. The molecular weight excluding hydrogens is 261 g/mol. The molecule has 2 fully saturated rings. The number of halogens is 1. The molecule has 0 aromatic heterocycles. The summed E-state index contributed by atoms with van der Waals surface area (Å²) in [5.74, 6) is 2.91. The molecule has 70 valence electrons. The Morgan fingerprint density at radius 2 is 2.08 bits per heavy atom. The Kier molecular flexibility index (Phi) is 2.66. The van der Waals surface area contributed by atoms with Gasteiger partial charge in [0.25, 0.3) is 0 Å². The maximum Gasteiger partial charge on any atom is 0.0248 e. The lowest BCUT2D eigenvalue weighted by molar-refractivity contribution is 0.289. The van der Waals surface area contributed by atoms with E-state index in [4.69, 9.17) is 0 Å². The fourth-order valence-electron chi connectivity index (χ4n) is 3.11. The topological polar surface area (TPSA) is 3.24 Å². The van der Waals surface area contributed by atoms with Gasteiger partial charge in [0.15, 0.2) is 0 Å². The van der Waals surface area contributed by atoms with E-state index >= 15 is 0 Å². The molecule has 2 heteroatoms. The summed E-state index contributed by atoms with van der Waals surface area (Å²) >= 11 is 2.53. The highest BCUT2D eigenvalue weighted by Crippen LogP contribution is 2.45. The third kappa shape index (κ3) is 1.41. The summed E-state index contributed by atoms with van der Waals surface area (Å²) in [6.07, 6.45) is 4.48. The molecule has 0 N–H and O–H groups in total. The van der Waals surface area contributed by atoms with E-state index in [1.165, 1.54) is 25.8 Å². The van der Waals surface area contributed by atoms with Gasteiger partial charge >= 0.3 is 0 Å². The molecule has 2 aliphatic rings. The lowest BCUT2D eigenvalue weighted by Crippen LogP contribution is -2.30. The number of nitrogens with zero attached hydrogens (tertiary/aromatic N) is 1. The van der Waals surface area contributed by atoms with Gasteiger partial charge in [0, 0.05) is 35.5 Å². The van der Waals surface area contributed by atoms with E-state index in [0.717, 1.165) is 23.8 Å². The Bertz CT molecular complexity index is 169. The van der Waals surface area contributed by atoms with Crippen molar-refractivity contribution >= 4 is 22.9 Å². The van der Waals surface area contributed by atoms with E-state index in [1.807, 2.05) is 0 Å². The van der Waals surface area contributed by atoms with E-state index in [9.17, 15) is 0 Å². The summed E-state index contributed by atoms with van der Waals surface area (Å²) in [6.45, 7) is 6.10. The molecule has 0 aromatic carbocycles. The second-order valence-electron chi connectivity index (χ2n) is 4.67. The minimum absolute atomic E-state index is 0.843. The van der Waals surface area contributed by atoms with Crippen LogP contribution in [-0.4, -0.2) is 15.7 Å². The van der Waals surface area contributed by atoms with E-state index in [1.54, 1.807) is 0 Å². The number of hydrogen-bond donors (Lipinski definition) is 0. The first-order chi connectivity index (χ1) is 5.70. The Labute approximate surface area is 89.4 Å². The maximum atomic E-state index is 2.57. The van der Waals surface area contributed by atoms with Crippen molar-refractivity contribution in [2.45, 2.75) is 39.2 Å². The van der Waals surface area contributed by atoms with Crippen LogP contribution in [0.25, 0.3) is 0 Å². The Hall–Kier alpha value is 0.690. The van der Waals surface area contributed by atoms with Gasteiger partial charge in [-0.3, -0.25) is 0 Å². The molecule has 3 atom stereocenters. The second-order valence-corrected chi connectivity index (χ2v) is 5.91. The highest BCUT2D eigenvalue weighted by atomic mass is 127. The summed E-state index contributed by atoms with van der Waals surface area (Å²) in [7, 11) is 0. The van der Waals surface area contributed by atoms with Crippen molar-refractivity contribution in [3.8, 4) is 0 Å². The van der Waals surface area contributed by atoms with Crippen LogP contribution in [0.5, 0.6) is 0 Å². The molecule has 3 unspecified atom stereocenters. The van der Waals surface area contributed by atoms with Crippen molar-refractivity contribution in [3.05, 3.63) is 0 Å². The van der Waals surface area contributed by atoms with Crippen LogP contribution >= 0.6 is 22.9 Å². The lowest BCUT2D eigenvalue weighted by atomic mass is 9.88. The van der Waals surface area contributed by atoms with Gasteiger partial charge in [-0.2, -0.15) is 0 Å². The van der Waals surface area contributed by atoms with E-state index in [0.29, 0.717) is 0 Å². The van der Waals surface area contributed by atoms with Gasteiger partial charge < -0.3 is 0 Å². The molecule has 1 aliphatic carbocycles. The number of hydrogen-bond acceptors (Lipinski definition) is 1. The molecule has 1 saturated carbocycles. The van der Waals surface area contributed by atoms with Crippen LogP contribution in [0, 0.1) is 17.8 Å². The predicted octanol–water partition coefficient (Wildman–Crippen LogP) is 3.09. The molecule has 12 heavy (non-hydrogen) atoms. The van der Waals surface area contributed by atoms with Gasteiger partial charge in [-0.1, -0.05) is 20.3 Å². The minimum atomic E-state index is 0.843. The van der Waals surface area contributed by atoms with Crippen LogP contribution in [0.1, 0.15) is 33.1 Å². The van der Waals surface area contributed by atoms with Gasteiger partial charge in [-0.25, -0.2) is 3.11 Å². The Morgan fingerprint density at radius 3 is 2.75 bits per heavy atom. The van der Waals surface area contributed by atoms with E-state index < -0.39 is 0 Å². The standard InChI is InChI=1S/C10H18IN/c1-7(2)10-9-5-3-4-8(9)6-12(10)11/h7-10H,3-6H2,1-2H3. The molecular formula is C10H18IN. The quantitative estimate of drug-likeness (QED) is 0.526. The van der Waals surface area contributed by atoms with Crippen LogP contribution in [0.2, 0.25) is 0 Å². The molecule has 0 spiro atoms. The third-order valence-electron chi connectivity index (χ3n) is 3.57. The van der Waals surface area contributed by atoms with Crippen LogP contribution in [0.15, 0.2) is 0 Å². The Morgan fingerprint density at radius 1 is 1.33 bits per heavy atom.